The molecule has 0 bridgehead atoms. The standard InChI is InChI=1S/C16H22N4O3S.ClH/c1-2-11-24(21,22)20-13-8-4-3-7-12(13)14-18-15(19-23-14)16(17)9-5-6-10-16;/h3-4,7-8,20H,2,5-6,9-11,17H2,1H3;1H. The van der Waals surface area contributed by atoms with Crippen LogP contribution in [0.15, 0.2) is 28.8 Å². The lowest BCUT2D eigenvalue weighted by Gasteiger charge is -2.17. The summed E-state index contributed by atoms with van der Waals surface area (Å²) in [4.78, 5) is 4.43. The molecular weight excluding hydrogens is 364 g/mol. The maximum Gasteiger partial charge on any atom is 0.260 e. The summed E-state index contributed by atoms with van der Waals surface area (Å²) in [6.45, 7) is 1.82. The zero-order valence-electron chi connectivity index (χ0n) is 14.1. The summed E-state index contributed by atoms with van der Waals surface area (Å²) < 4.78 is 32.1. The quantitative estimate of drug-likeness (QED) is 0.789. The molecule has 1 fully saturated rings. The van der Waals surface area contributed by atoms with E-state index in [1.54, 1.807) is 24.3 Å². The summed E-state index contributed by atoms with van der Waals surface area (Å²) in [6.07, 6.45) is 4.30. The number of benzene rings is 1. The zero-order chi connectivity index (χ0) is 17.2. The first kappa shape index (κ1) is 19.7. The van der Waals surface area contributed by atoms with Crippen molar-refractivity contribution in [2.24, 2.45) is 5.73 Å². The molecule has 0 spiro atoms. The Balaban J connectivity index is 0.00000225. The van der Waals surface area contributed by atoms with Crippen molar-refractivity contribution in [2.45, 2.75) is 44.6 Å². The Morgan fingerprint density at radius 2 is 1.96 bits per heavy atom. The molecule has 0 saturated heterocycles. The van der Waals surface area contributed by atoms with E-state index in [1.807, 2.05) is 6.92 Å². The van der Waals surface area contributed by atoms with E-state index in [0.29, 0.717) is 23.5 Å². The molecule has 1 saturated carbocycles. The SMILES string of the molecule is CCCS(=O)(=O)Nc1ccccc1-c1nc(C2(N)CCCC2)no1.Cl. The first-order valence-electron chi connectivity index (χ1n) is 8.16. The predicted octanol–water partition coefficient (Wildman–Crippen LogP) is 3.04. The second kappa shape index (κ2) is 7.72. The molecule has 3 N–H and O–H groups in total. The number of nitrogens with one attached hydrogen (secondary N) is 1. The van der Waals surface area contributed by atoms with Gasteiger partial charge in [0.1, 0.15) is 0 Å². The van der Waals surface area contributed by atoms with Gasteiger partial charge in [0, 0.05) is 0 Å². The Hall–Kier alpha value is -1.64. The Morgan fingerprint density at radius 1 is 1.28 bits per heavy atom. The van der Waals surface area contributed by atoms with Crippen LogP contribution in [0.3, 0.4) is 0 Å². The third-order valence-corrected chi connectivity index (χ3v) is 5.74. The van der Waals surface area contributed by atoms with Crippen LogP contribution in [0.2, 0.25) is 0 Å². The summed E-state index contributed by atoms with van der Waals surface area (Å²) in [5.74, 6) is 0.820. The molecule has 0 atom stereocenters. The van der Waals surface area contributed by atoms with E-state index in [2.05, 4.69) is 14.9 Å². The van der Waals surface area contributed by atoms with Crippen molar-refractivity contribution in [1.29, 1.82) is 0 Å². The molecule has 1 aliphatic rings. The Labute approximate surface area is 153 Å². The lowest BCUT2D eigenvalue weighted by atomic mass is 9.98. The topological polar surface area (TPSA) is 111 Å². The van der Waals surface area contributed by atoms with Crippen LogP contribution in [0.25, 0.3) is 11.5 Å². The summed E-state index contributed by atoms with van der Waals surface area (Å²) in [6, 6.07) is 6.98. The second-order valence-corrected chi connectivity index (χ2v) is 8.09. The van der Waals surface area contributed by atoms with Gasteiger partial charge in [-0.3, -0.25) is 4.72 Å². The van der Waals surface area contributed by atoms with Gasteiger partial charge >= 0.3 is 0 Å². The van der Waals surface area contributed by atoms with Crippen LogP contribution >= 0.6 is 12.4 Å². The van der Waals surface area contributed by atoms with Crippen LogP contribution in [-0.2, 0) is 15.6 Å². The van der Waals surface area contributed by atoms with Gasteiger partial charge in [-0.25, -0.2) is 8.42 Å². The van der Waals surface area contributed by atoms with E-state index >= 15 is 0 Å². The number of aromatic nitrogens is 2. The number of halogens is 1. The van der Waals surface area contributed by atoms with Crippen molar-refractivity contribution < 1.29 is 12.9 Å². The fourth-order valence-corrected chi connectivity index (χ4v) is 4.16. The van der Waals surface area contributed by atoms with Gasteiger partial charge in [-0.2, -0.15) is 4.98 Å². The molecule has 7 nitrogen and oxygen atoms in total. The van der Waals surface area contributed by atoms with Crippen molar-refractivity contribution in [1.82, 2.24) is 10.1 Å². The minimum atomic E-state index is -3.40. The molecule has 0 aliphatic heterocycles. The van der Waals surface area contributed by atoms with Crippen LogP contribution in [0.1, 0.15) is 44.9 Å². The molecule has 0 radical (unpaired) electrons. The van der Waals surface area contributed by atoms with Gasteiger partial charge < -0.3 is 10.3 Å². The minimum absolute atomic E-state index is 0. The lowest BCUT2D eigenvalue weighted by Crippen LogP contribution is -2.34. The van der Waals surface area contributed by atoms with E-state index in [0.717, 1.165) is 25.7 Å². The molecule has 1 aromatic heterocycles. The maximum absolute atomic E-state index is 12.1. The third kappa shape index (κ3) is 4.31. The number of hydrogen-bond acceptors (Lipinski definition) is 6. The third-order valence-electron chi connectivity index (χ3n) is 4.26. The summed E-state index contributed by atoms with van der Waals surface area (Å²) in [5.41, 5.74) is 6.79. The molecule has 25 heavy (non-hydrogen) atoms. The van der Waals surface area contributed by atoms with E-state index in [1.165, 1.54) is 0 Å². The number of para-hydroxylation sites is 1. The number of nitrogens with two attached hydrogens (primary N) is 1. The highest BCUT2D eigenvalue weighted by atomic mass is 35.5. The number of rotatable bonds is 6. The molecule has 1 heterocycles. The molecule has 138 valence electrons. The van der Waals surface area contributed by atoms with Crippen LogP contribution in [0.4, 0.5) is 5.69 Å². The van der Waals surface area contributed by atoms with Crippen molar-refractivity contribution in [3.63, 3.8) is 0 Å². The fraction of sp³-hybridized carbons (Fsp3) is 0.500. The van der Waals surface area contributed by atoms with Crippen molar-refractivity contribution >= 4 is 28.1 Å². The van der Waals surface area contributed by atoms with Gasteiger partial charge in [0.05, 0.1) is 22.5 Å². The van der Waals surface area contributed by atoms with Crippen LogP contribution in [0, 0.1) is 0 Å². The predicted molar refractivity (Wildman–Crippen MR) is 99.0 cm³/mol. The first-order chi connectivity index (χ1) is 11.4. The maximum atomic E-state index is 12.1. The first-order valence-corrected chi connectivity index (χ1v) is 9.82. The molecule has 0 amide bonds. The zero-order valence-corrected chi connectivity index (χ0v) is 15.7. The molecule has 1 aliphatic carbocycles. The monoisotopic (exact) mass is 386 g/mol. The van der Waals surface area contributed by atoms with Gasteiger partial charge in [-0.15, -0.1) is 12.4 Å². The van der Waals surface area contributed by atoms with Gasteiger partial charge in [0.2, 0.25) is 10.0 Å². The smallest absolute Gasteiger partial charge is 0.260 e. The van der Waals surface area contributed by atoms with E-state index in [4.69, 9.17) is 10.3 Å². The van der Waals surface area contributed by atoms with Gasteiger partial charge in [0.25, 0.3) is 5.89 Å². The molecule has 3 rings (SSSR count). The van der Waals surface area contributed by atoms with E-state index in [9.17, 15) is 8.42 Å². The molecule has 1 aromatic carbocycles. The average molecular weight is 387 g/mol. The second-order valence-electron chi connectivity index (χ2n) is 6.25. The van der Waals surface area contributed by atoms with Gasteiger partial charge in [-0.05, 0) is 31.4 Å². The summed E-state index contributed by atoms with van der Waals surface area (Å²) >= 11 is 0. The largest absolute Gasteiger partial charge is 0.334 e. The Bertz CT molecular complexity index is 816. The number of hydrogen-bond donors (Lipinski definition) is 2. The highest BCUT2D eigenvalue weighted by Crippen LogP contribution is 2.36. The summed E-state index contributed by atoms with van der Waals surface area (Å²) in [5, 5.41) is 4.03. The van der Waals surface area contributed by atoms with Crippen molar-refractivity contribution in [3.8, 4) is 11.5 Å². The Kier molecular flexibility index (Phi) is 6.08. The molecule has 2 aromatic rings. The van der Waals surface area contributed by atoms with Crippen LogP contribution < -0.4 is 10.5 Å². The lowest BCUT2D eigenvalue weighted by molar-refractivity contribution is 0.373. The number of nitrogens with zero attached hydrogens (tertiary/aromatic N) is 2. The summed E-state index contributed by atoms with van der Waals surface area (Å²) in [7, 11) is -3.40. The number of sulfonamides is 1. The van der Waals surface area contributed by atoms with Crippen molar-refractivity contribution in [2.75, 3.05) is 10.5 Å². The normalized spacial score (nSPS) is 16.4. The van der Waals surface area contributed by atoms with Gasteiger partial charge in [0.15, 0.2) is 5.82 Å². The number of anilines is 1. The van der Waals surface area contributed by atoms with Crippen molar-refractivity contribution in [3.05, 3.63) is 30.1 Å². The average Bonchev–Trinajstić information content (AvgIpc) is 3.17. The molecule has 0 unspecified atom stereocenters. The molecule has 9 heteroatoms. The van der Waals surface area contributed by atoms with E-state index < -0.39 is 15.6 Å². The van der Waals surface area contributed by atoms with E-state index in [-0.39, 0.29) is 24.1 Å². The van der Waals surface area contributed by atoms with Crippen LogP contribution in [0.5, 0.6) is 0 Å². The van der Waals surface area contributed by atoms with Crippen LogP contribution in [-0.4, -0.2) is 24.3 Å². The minimum Gasteiger partial charge on any atom is -0.334 e. The highest BCUT2D eigenvalue weighted by Gasteiger charge is 2.36. The van der Waals surface area contributed by atoms with Gasteiger partial charge in [-0.1, -0.05) is 37.1 Å². The highest BCUT2D eigenvalue weighted by molar-refractivity contribution is 7.92. The molecular formula is C16H23ClN4O3S. The Morgan fingerprint density at radius 3 is 2.64 bits per heavy atom. The fourth-order valence-electron chi connectivity index (χ4n) is 3.01.